The third kappa shape index (κ3) is 6.40. The Morgan fingerprint density at radius 1 is 0.657 bits per heavy atom. The van der Waals surface area contributed by atoms with E-state index in [-0.39, 0.29) is 44.4 Å². The minimum Gasteiger partial charge on any atom is -0.488 e. The number of nitro benzene ring substituents is 1. The molecule has 4 rings (SSSR count). The van der Waals surface area contributed by atoms with E-state index in [9.17, 15) is 18.9 Å². The number of anilines is 2. The second kappa shape index (κ2) is 11.2. The highest BCUT2D eigenvalue weighted by Crippen LogP contribution is 2.32. The molecule has 3 aromatic carbocycles. The standard InChI is InChI=1S/C24H23F2N3O6/c25-16-1-4-21-19(13-16)27-7-9-32-23-6-3-18(29(30)31)15-24(23)33-10-8-28-20-14-17(26)2-5-22(20)35-12-11-34-21/h1-6,13-15,27-28H,7-12H2. The number of rotatable bonds is 1. The minimum atomic E-state index is -0.531. The third-order valence-corrected chi connectivity index (χ3v) is 4.97. The van der Waals surface area contributed by atoms with Gasteiger partial charge in [-0.2, -0.15) is 0 Å². The summed E-state index contributed by atoms with van der Waals surface area (Å²) < 4.78 is 50.6. The van der Waals surface area contributed by atoms with E-state index in [0.29, 0.717) is 35.2 Å². The maximum absolute atomic E-state index is 13.8. The van der Waals surface area contributed by atoms with Crippen molar-refractivity contribution in [1.82, 2.24) is 0 Å². The lowest BCUT2D eigenvalue weighted by Gasteiger charge is -2.17. The molecule has 0 spiro atoms. The monoisotopic (exact) mass is 487 g/mol. The van der Waals surface area contributed by atoms with Crippen molar-refractivity contribution in [2.45, 2.75) is 0 Å². The number of benzene rings is 3. The van der Waals surface area contributed by atoms with Crippen LogP contribution in [0.5, 0.6) is 23.0 Å². The first kappa shape index (κ1) is 23.9. The molecular formula is C24H23F2N3O6. The normalized spacial score (nSPS) is 14.3. The van der Waals surface area contributed by atoms with E-state index in [1.165, 1.54) is 54.6 Å². The number of nitro groups is 1. The summed E-state index contributed by atoms with van der Waals surface area (Å²) in [6.45, 7) is 1.17. The maximum atomic E-state index is 13.8. The second-order valence-electron chi connectivity index (χ2n) is 7.42. The zero-order valence-corrected chi connectivity index (χ0v) is 18.6. The summed E-state index contributed by atoms with van der Waals surface area (Å²) >= 11 is 0. The zero-order valence-electron chi connectivity index (χ0n) is 18.6. The van der Waals surface area contributed by atoms with Gasteiger partial charge in [-0.3, -0.25) is 10.1 Å². The molecule has 0 aromatic heterocycles. The van der Waals surface area contributed by atoms with Gasteiger partial charge in [0.25, 0.3) is 5.69 Å². The molecule has 0 atom stereocenters. The Balaban J connectivity index is 1.57. The van der Waals surface area contributed by atoms with Crippen LogP contribution in [0, 0.1) is 21.7 Å². The Morgan fingerprint density at radius 3 is 1.69 bits per heavy atom. The average molecular weight is 487 g/mol. The van der Waals surface area contributed by atoms with Crippen molar-refractivity contribution in [2.24, 2.45) is 0 Å². The first-order chi connectivity index (χ1) is 17.0. The number of non-ortho nitro benzene ring substituents is 1. The van der Waals surface area contributed by atoms with Gasteiger partial charge in [-0.1, -0.05) is 0 Å². The highest BCUT2D eigenvalue weighted by Gasteiger charge is 2.14. The van der Waals surface area contributed by atoms with Gasteiger partial charge in [-0.15, -0.1) is 0 Å². The lowest BCUT2D eigenvalue weighted by Crippen LogP contribution is -2.17. The molecular weight excluding hydrogens is 464 g/mol. The van der Waals surface area contributed by atoms with Crippen LogP contribution in [0.25, 0.3) is 0 Å². The van der Waals surface area contributed by atoms with Crippen molar-refractivity contribution < 1.29 is 32.7 Å². The molecule has 1 aliphatic rings. The fraction of sp³-hybridized carbons (Fsp3) is 0.250. The molecule has 0 aliphatic carbocycles. The summed E-state index contributed by atoms with van der Waals surface area (Å²) in [6, 6.07) is 12.2. The van der Waals surface area contributed by atoms with Crippen LogP contribution in [0.2, 0.25) is 0 Å². The number of halogens is 2. The van der Waals surface area contributed by atoms with Crippen molar-refractivity contribution in [3.05, 3.63) is 76.3 Å². The van der Waals surface area contributed by atoms with Crippen LogP contribution < -0.4 is 29.6 Å². The molecule has 0 amide bonds. The quantitative estimate of drug-likeness (QED) is 0.378. The number of nitrogens with zero attached hydrogens (tertiary/aromatic N) is 1. The first-order valence-corrected chi connectivity index (χ1v) is 10.9. The van der Waals surface area contributed by atoms with E-state index in [0.717, 1.165) is 0 Å². The van der Waals surface area contributed by atoms with Crippen molar-refractivity contribution in [1.29, 1.82) is 0 Å². The predicted octanol–water partition coefficient (Wildman–Crippen LogP) is 4.63. The molecule has 0 unspecified atom stereocenters. The average Bonchev–Trinajstić information content (AvgIpc) is 2.84. The van der Waals surface area contributed by atoms with E-state index < -0.39 is 16.6 Å². The van der Waals surface area contributed by atoms with Crippen LogP contribution in [-0.4, -0.2) is 44.4 Å². The van der Waals surface area contributed by atoms with Crippen molar-refractivity contribution in [2.75, 3.05) is 50.2 Å². The predicted molar refractivity (Wildman–Crippen MR) is 125 cm³/mol. The Morgan fingerprint density at radius 2 is 1.14 bits per heavy atom. The summed E-state index contributed by atoms with van der Waals surface area (Å²) in [5.41, 5.74) is 0.691. The number of fused-ring (bicyclic) bond motifs is 3. The Bertz CT molecular complexity index is 1190. The molecule has 2 N–H and O–H groups in total. The largest absolute Gasteiger partial charge is 0.488 e. The SMILES string of the molecule is O=[N+]([O-])c1ccc2c(c1)OCCNc1cc(F)ccc1OCCOc1ccc(F)cc1NCCO2. The second-order valence-corrected chi connectivity index (χ2v) is 7.42. The van der Waals surface area contributed by atoms with Gasteiger partial charge in [0.1, 0.15) is 49.6 Å². The van der Waals surface area contributed by atoms with Gasteiger partial charge in [-0.25, -0.2) is 8.78 Å². The van der Waals surface area contributed by atoms with Gasteiger partial charge >= 0.3 is 0 Å². The lowest BCUT2D eigenvalue weighted by molar-refractivity contribution is -0.385. The topological polar surface area (TPSA) is 104 Å². The van der Waals surface area contributed by atoms with Crippen LogP contribution in [0.15, 0.2) is 54.6 Å². The zero-order chi connectivity index (χ0) is 24.6. The van der Waals surface area contributed by atoms with E-state index in [1.54, 1.807) is 0 Å². The Hall–Kier alpha value is -4.28. The molecule has 0 saturated carbocycles. The summed E-state index contributed by atoms with van der Waals surface area (Å²) in [6.07, 6.45) is 0. The molecule has 0 saturated heterocycles. The van der Waals surface area contributed by atoms with Crippen LogP contribution in [-0.2, 0) is 0 Å². The summed E-state index contributed by atoms with van der Waals surface area (Å²) in [5.74, 6) is 0.445. The Labute approximate surface area is 199 Å². The third-order valence-electron chi connectivity index (χ3n) is 4.97. The van der Waals surface area contributed by atoms with E-state index in [1.807, 2.05) is 0 Å². The van der Waals surface area contributed by atoms with E-state index in [4.69, 9.17) is 18.9 Å². The number of nitrogens with one attached hydrogen (secondary N) is 2. The lowest BCUT2D eigenvalue weighted by atomic mass is 10.2. The molecule has 0 radical (unpaired) electrons. The van der Waals surface area contributed by atoms with Gasteiger partial charge < -0.3 is 29.6 Å². The van der Waals surface area contributed by atoms with Gasteiger partial charge in [-0.05, 0) is 30.3 Å². The number of hydrogen-bond donors (Lipinski definition) is 2. The molecule has 1 aliphatic heterocycles. The van der Waals surface area contributed by atoms with E-state index in [2.05, 4.69) is 10.6 Å². The summed E-state index contributed by atoms with van der Waals surface area (Å²) in [4.78, 5) is 10.7. The molecule has 35 heavy (non-hydrogen) atoms. The molecule has 184 valence electrons. The van der Waals surface area contributed by atoms with Crippen molar-refractivity contribution in [3.8, 4) is 23.0 Å². The van der Waals surface area contributed by atoms with Crippen LogP contribution in [0.4, 0.5) is 25.8 Å². The fourth-order valence-electron chi connectivity index (χ4n) is 3.37. The molecule has 0 bridgehead atoms. The molecule has 1 heterocycles. The number of ether oxygens (including phenoxy) is 4. The van der Waals surface area contributed by atoms with Gasteiger partial charge in [0.05, 0.1) is 22.4 Å². The van der Waals surface area contributed by atoms with Crippen LogP contribution >= 0.6 is 0 Å². The van der Waals surface area contributed by atoms with Crippen molar-refractivity contribution >= 4 is 17.1 Å². The van der Waals surface area contributed by atoms with Crippen LogP contribution in [0.3, 0.4) is 0 Å². The smallest absolute Gasteiger partial charge is 0.273 e. The highest BCUT2D eigenvalue weighted by molar-refractivity contribution is 5.57. The summed E-state index contributed by atoms with van der Waals surface area (Å²) in [5, 5.41) is 17.3. The molecule has 9 nitrogen and oxygen atoms in total. The Kier molecular flexibility index (Phi) is 7.66. The fourth-order valence-corrected chi connectivity index (χ4v) is 3.37. The van der Waals surface area contributed by atoms with Crippen LogP contribution in [0.1, 0.15) is 0 Å². The maximum Gasteiger partial charge on any atom is 0.273 e. The molecule has 11 heteroatoms. The summed E-state index contributed by atoms with van der Waals surface area (Å²) in [7, 11) is 0. The molecule has 0 fully saturated rings. The van der Waals surface area contributed by atoms with Crippen molar-refractivity contribution in [3.63, 3.8) is 0 Å². The molecule has 3 aromatic rings. The van der Waals surface area contributed by atoms with E-state index >= 15 is 0 Å². The highest BCUT2D eigenvalue weighted by atomic mass is 19.1. The van der Waals surface area contributed by atoms with Gasteiger partial charge in [0.2, 0.25) is 0 Å². The first-order valence-electron chi connectivity index (χ1n) is 10.9. The van der Waals surface area contributed by atoms with Gasteiger partial charge in [0.15, 0.2) is 11.5 Å². The number of hydrogen-bond acceptors (Lipinski definition) is 8. The minimum absolute atomic E-state index is 0.113. The van der Waals surface area contributed by atoms with Gasteiger partial charge in [0, 0.05) is 31.3 Å².